The van der Waals surface area contributed by atoms with E-state index < -0.39 is 0 Å². The van der Waals surface area contributed by atoms with Crippen molar-refractivity contribution in [3.05, 3.63) is 78.4 Å². The van der Waals surface area contributed by atoms with Gasteiger partial charge in [-0.2, -0.15) is 4.52 Å². The van der Waals surface area contributed by atoms with Gasteiger partial charge in [0.1, 0.15) is 5.82 Å². The summed E-state index contributed by atoms with van der Waals surface area (Å²) >= 11 is 0. The number of fused-ring (bicyclic) bond motifs is 3. The van der Waals surface area contributed by atoms with Crippen LogP contribution in [0.4, 0.5) is 5.82 Å². The van der Waals surface area contributed by atoms with Crippen LogP contribution < -0.4 is 4.90 Å². The molecule has 2 aliphatic heterocycles. The maximum absolute atomic E-state index is 4.95. The Morgan fingerprint density at radius 2 is 1.53 bits per heavy atom. The van der Waals surface area contributed by atoms with Crippen molar-refractivity contribution in [2.45, 2.75) is 50.4 Å². The van der Waals surface area contributed by atoms with Crippen LogP contribution in [0.15, 0.2) is 72.8 Å². The van der Waals surface area contributed by atoms with Crippen molar-refractivity contribution in [1.82, 2.24) is 24.7 Å². The number of piperidine rings is 1. The van der Waals surface area contributed by atoms with Crippen molar-refractivity contribution >= 4 is 11.5 Å². The van der Waals surface area contributed by atoms with E-state index in [4.69, 9.17) is 5.10 Å². The topological polar surface area (TPSA) is 49.6 Å². The van der Waals surface area contributed by atoms with Crippen LogP contribution in [0, 0.1) is 0 Å². The Labute approximate surface area is 188 Å². The Balaban J connectivity index is 1.23. The van der Waals surface area contributed by atoms with E-state index in [-0.39, 0.29) is 0 Å². The Bertz CT molecular complexity index is 1190. The molecule has 0 saturated carbocycles. The summed E-state index contributed by atoms with van der Waals surface area (Å²) in [6.07, 6.45) is 4.98. The summed E-state index contributed by atoms with van der Waals surface area (Å²) in [6, 6.07) is 27.0. The highest BCUT2D eigenvalue weighted by Crippen LogP contribution is 2.39. The number of benzene rings is 2. The molecule has 2 aromatic carbocycles. The fraction of sp³-hybridized carbons (Fsp3) is 0.346. The van der Waals surface area contributed by atoms with E-state index in [0.29, 0.717) is 18.1 Å². The van der Waals surface area contributed by atoms with E-state index in [1.807, 2.05) is 28.8 Å². The average Bonchev–Trinajstić information content (AvgIpc) is 3.36. The van der Waals surface area contributed by atoms with Gasteiger partial charge in [0.15, 0.2) is 11.5 Å². The van der Waals surface area contributed by atoms with Crippen LogP contribution in [0.3, 0.4) is 0 Å². The number of rotatable bonds is 5. The first kappa shape index (κ1) is 19.4. The second kappa shape index (κ2) is 8.02. The van der Waals surface area contributed by atoms with Gasteiger partial charge in [-0.05, 0) is 43.4 Å². The molecule has 0 aliphatic carbocycles. The lowest BCUT2D eigenvalue weighted by atomic mass is 9.95. The molecule has 32 heavy (non-hydrogen) atoms. The highest BCUT2D eigenvalue weighted by atomic mass is 15.4. The van der Waals surface area contributed by atoms with E-state index in [1.54, 1.807) is 0 Å². The Kier molecular flexibility index (Phi) is 4.87. The zero-order valence-electron chi connectivity index (χ0n) is 18.4. The van der Waals surface area contributed by atoms with Gasteiger partial charge in [-0.25, -0.2) is 0 Å². The molecule has 0 N–H and O–H groups in total. The SMILES string of the molecule is CN(c1ccc2nnc(-c3ccccc3)n2n1)C1CC2CCC(C1)N2Cc1ccccc1. The predicted octanol–water partition coefficient (Wildman–Crippen LogP) is 4.42. The monoisotopic (exact) mass is 424 g/mol. The average molecular weight is 425 g/mol. The molecular formula is C26H28N6. The molecule has 0 radical (unpaired) electrons. The molecule has 6 rings (SSSR count). The summed E-state index contributed by atoms with van der Waals surface area (Å²) in [5.41, 5.74) is 3.22. The number of anilines is 1. The third-order valence-electron chi connectivity index (χ3n) is 7.26. The second-order valence-corrected chi connectivity index (χ2v) is 9.13. The van der Waals surface area contributed by atoms with E-state index in [9.17, 15) is 0 Å². The Hall–Kier alpha value is -3.25. The van der Waals surface area contributed by atoms with E-state index in [0.717, 1.165) is 29.4 Å². The fourth-order valence-electron chi connectivity index (χ4n) is 5.54. The van der Waals surface area contributed by atoms with Gasteiger partial charge in [0.05, 0.1) is 0 Å². The Morgan fingerprint density at radius 3 is 2.25 bits per heavy atom. The van der Waals surface area contributed by atoms with Gasteiger partial charge in [-0.1, -0.05) is 60.7 Å². The van der Waals surface area contributed by atoms with Crippen molar-refractivity contribution in [3.8, 4) is 11.4 Å². The maximum atomic E-state index is 4.95. The van der Waals surface area contributed by atoms with Crippen molar-refractivity contribution in [1.29, 1.82) is 0 Å². The molecule has 2 bridgehead atoms. The smallest absolute Gasteiger partial charge is 0.185 e. The second-order valence-electron chi connectivity index (χ2n) is 9.13. The minimum absolute atomic E-state index is 0.501. The fourth-order valence-corrected chi connectivity index (χ4v) is 5.54. The first-order valence-electron chi connectivity index (χ1n) is 11.6. The lowest BCUT2D eigenvalue weighted by Crippen LogP contribution is -2.49. The van der Waals surface area contributed by atoms with Gasteiger partial charge in [-0.15, -0.1) is 15.3 Å². The summed E-state index contributed by atoms with van der Waals surface area (Å²) in [7, 11) is 2.19. The molecule has 2 aliphatic rings. The van der Waals surface area contributed by atoms with Crippen LogP contribution in [0.25, 0.3) is 17.0 Å². The van der Waals surface area contributed by atoms with Gasteiger partial charge in [-0.3, -0.25) is 4.90 Å². The van der Waals surface area contributed by atoms with Crippen LogP contribution in [0.1, 0.15) is 31.2 Å². The quantitative estimate of drug-likeness (QED) is 0.475. The number of aromatic nitrogens is 4. The van der Waals surface area contributed by atoms with Gasteiger partial charge in [0.25, 0.3) is 0 Å². The number of hydrogen-bond donors (Lipinski definition) is 0. The summed E-state index contributed by atoms with van der Waals surface area (Å²) in [4.78, 5) is 5.11. The molecule has 0 amide bonds. The van der Waals surface area contributed by atoms with Crippen molar-refractivity contribution < 1.29 is 0 Å². The summed E-state index contributed by atoms with van der Waals surface area (Å²) in [5.74, 6) is 1.77. The standard InChI is InChI=1S/C26H28N6/c1-30(23-16-21-12-13-22(17-23)31(21)18-19-8-4-2-5-9-19)25-15-14-24-27-28-26(32(24)29-25)20-10-6-3-7-11-20/h2-11,14-15,21-23H,12-13,16-18H2,1H3. The first-order chi connectivity index (χ1) is 15.8. The van der Waals surface area contributed by atoms with E-state index >= 15 is 0 Å². The third-order valence-corrected chi connectivity index (χ3v) is 7.26. The molecule has 162 valence electrons. The van der Waals surface area contributed by atoms with E-state index in [1.165, 1.54) is 31.2 Å². The molecule has 6 nitrogen and oxygen atoms in total. The largest absolute Gasteiger partial charge is 0.355 e. The molecular weight excluding hydrogens is 396 g/mol. The molecule has 2 aromatic heterocycles. The van der Waals surface area contributed by atoms with E-state index in [2.05, 4.69) is 75.6 Å². The van der Waals surface area contributed by atoms with Crippen LogP contribution >= 0.6 is 0 Å². The minimum Gasteiger partial charge on any atom is -0.355 e. The highest BCUT2D eigenvalue weighted by Gasteiger charge is 2.41. The number of hydrogen-bond acceptors (Lipinski definition) is 5. The van der Waals surface area contributed by atoms with Crippen LogP contribution in [0.5, 0.6) is 0 Å². The van der Waals surface area contributed by atoms with Crippen LogP contribution in [-0.2, 0) is 6.54 Å². The predicted molar refractivity (Wildman–Crippen MR) is 126 cm³/mol. The lowest BCUT2D eigenvalue weighted by molar-refractivity contribution is 0.118. The minimum atomic E-state index is 0.501. The van der Waals surface area contributed by atoms with Crippen molar-refractivity contribution in [2.24, 2.45) is 0 Å². The van der Waals surface area contributed by atoms with Gasteiger partial charge >= 0.3 is 0 Å². The summed E-state index contributed by atoms with van der Waals surface area (Å²) < 4.78 is 1.88. The molecule has 4 aromatic rings. The molecule has 2 atom stereocenters. The summed E-state index contributed by atoms with van der Waals surface area (Å²) in [5, 5.41) is 13.7. The normalized spacial score (nSPS) is 23.0. The van der Waals surface area contributed by atoms with Gasteiger partial charge < -0.3 is 4.90 Å². The molecule has 0 spiro atoms. The lowest BCUT2D eigenvalue weighted by Gasteiger charge is -2.42. The zero-order valence-corrected chi connectivity index (χ0v) is 18.4. The third kappa shape index (κ3) is 3.45. The van der Waals surface area contributed by atoms with Crippen molar-refractivity contribution in [2.75, 3.05) is 11.9 Å². The molecule has 6 heteroatoms. The van der Waals surface area contributed by atoms with Crippen molar-refractivity contribution in [3.63, 3.8) is 0 Å². The molecule has 2 saturated heterocycles. The highest BCUT2D eigenvalue weighted by molar-refractivity contribution is 5.59. The van der Waals surface area contributed by atoms with Crippen LogP contribution in [-0.4, -0.2) is 49.9 Å². The molecule has 4 heterocycles. The van der Waals surface area contributed by atoms with Crippen LogP contribution in [0.2, 0.25) is 0 Å². The zero-order chi connectivity index (χ0) is 21.5. The number of nitrogens with zero attached hydrogens (tertiary/aromatic N) is 6. The van der Waals surface area contributed by atoms with Gasteiger partial charge in [0.2, 0.25) is 0 Å². The first-order valence-corrected chi connectivity index (χ1v) is 11.6. The van der Waals surface area contributed by atoms with Gasteiger partial charge in [0, 0.05) is 37.3 Å². The molecule has 2 fully saturated rings. The maximum Gasteiger partial charge on any atom is 0.185 e. The Morgan fingerprint density at radius 1 is 0.844 bits per heavy atom. The summed E-state index contributed by atoms with van der Waals surface area (Å²) in [6.45, 7) is 1.07. The molecule has 2 unspecified atom stereocenters.